The van der Waals surface area contributed by atoms with Crippen LogP contribution in [0.15, 0.2) is 18.2 Å². The minimum atomic E-state index is -4.67. The average molecular weight is 297 g/mol. The predicted molar refractivity (Wildman–Crippen MR) is 65.7 cm³/mol. The van der Waals surface area contributed by atoms with Crippen molar-refractivity contribution < 1.29 is 26.3 Å². The van der Waals surface area contributed by atoms with Crippen LogP contribution in [0.25, 0.3) is 0 Å². The van der Waals surface area contributed by atoms with Gasteiger partial charge in [0.15, 0.2) is 0 Å². The van der Waals surface area contributed by atoms with Crippen molar-refractivity contribution in [2.45, 2.75) is 19.5 Å². The zero-order valence-corrected chi connectivity index (χ0v) is 11.2. The van der Waals surface area contributed by atoms with E-state index < -0.39 is 27.5 Å². The number of benzene rings is 1. The summed E-state index contributed by atoms with van der Waals surface area (Å²) in [7, 11) is -2.55. The van der Waals surface area contributed by atoms with Crippen LogP contribution in [0, 0.1) is 0 Å². The zero-order valence-electron chi connectivity index (χ0n) is 10.4. The van der Waals surface area contributed by atoms with Crippen LogP contribution in [0.1, 0.15) is 18.9 Å². The van der Waals surface area contributed by atoms with Gasteiger partial charge in [-0.2, -0.15) is 13.2 Å². The Bertz CT molecular complexity index is 541. The zero-order chi connectivity index (χ0) is 14.7. The molecule has 0 bridgehead atoms. The summed E-state index contributed by atoms with van der Waals surface area (Å²) >= 11 is 0. The van der Waals surface area contributed by atoms with Gasteiger partial charge in [0.25, 0.3) is 0 Å². The average Bonchev–Trinajstić information content (AvgIpc) is 2.27. The number of sulfonamides is 1. The van der Waals surface area contributed by atoms with Crippen molar-refractivity contribution in [3.8, 4) is 5.75 Å². The lowest BCUT2D eigenvalue weighted by atomic mass is 10.1. The largest absolute Gasteiger partial charge is 0.497 e. The van der Waals surface area contributed by atoms with Gasteiger partial charge in [0.1, 0.15) is 5.75 Å². The molecule has 108 valence electrons. The molecule has 4 nitrogen and oxygen atoms in total. The Morgan fingerprint density at radius 2 is 1.95 bits per heavy atom. The maximum absolute atomic E-state index is 12.8. The minimum Gasteiger partial charge on any atom is -0.497 e. The lowest BCUT2D eigenvalue weighted by molar-refractivity contribution is -0.137. The van der Waals surface area contributed by atoms with Gasteiger partial charge in [-0.05, 0) is 24.6 Å². The van der Waals surface area contributed by atoms with Crippen LogP contribution < -0.4 is 9.46 Å². The molecule has 0 saturated heterocycles. The van der Waals surface area contributed by atoms with E-state index in [0.29, 0.717) is 6.42 Å². The molecule has 0 saturated carbocycles. The van der Waals surface area contributed by atoms with E-state index in [1.54, 1.807) is 6.92 Å². The summed E-state index contributed by atoms with van der Waals surface area (Å²) in [6, 6.07) is 3.05. The van der Waals surface area contributed by atoms with Gasteiger partial charge in [-0.1, -0.05) is 6.92 Å². The number of nitrogens with one attached hydrogen (secondary N) is 1. The summed E-state index contributed by atoms with van der Waals surface area (Å²) in [5.41, 5.74) is -1.58. The SMILES string of the molecule is CCCS(=O)(=O)Nc1ccc(OC)cc1C(F)(F)F. The third-order valence-electron chi connectivity index (χ3n) is 2.27. The van der Waals surface area contributed by atoms with E-state index in [2.05, 4.69) is 0 Å². The molecule has 0 aromatic heterocycles. The number of rotatable bonds is 5. The summed E-state index contributed by atoms with van der Waals surface area (Å²) in [6.07, 6.45) is -4.36. The normalized spacial score (nSPS) is 12.3. The van der Waals surface area contributed by atoms with Crippen LogP contribution in [0.5, 0.6) is 5.75 Å². The molecule has 0 radical (unpaired) electrons. The molecule has 0 fully saturated rings. The Morgan fingerprint density at radius 1 is 1.32 bits per heavy atom. The molecule has 1 rings (SSSR count). The van der Waals surface area contributed by atoms with Crippen LogP contribution in [0.2, 0.25) is 0 Å². The molecule has 0 amide bonds. The first-order valence-corrected chi connectivity index (χ1v) is 7.10. The van der Waals surface area contributed by atoms with Gasteiger partial charge >= 0.3 is 6.18 Å². The van der Waals surface area contributed by atoms with E-state index in [4.69, 9.17) is 4.74 Å². The van der Waals surface area contributed by atoms with Crippen molar-refractivity contribution in [1.82, 2.24) is 0 Å². The van der Waals surface area contributed by atoms with Crippen molar-refractivity contribution in [2.75, 3.05) is 17.6 Å². The third kappa shape index (κ3) is 4.30. The van der Waals surface area contributed by atoms with Gasteiger partial charge < -0.3 is 4.74 Å². The summed E-state index contributed by atoms with van der Waals surface area (Å²) in [4.78, 5) is 0. The molecule has 0 aliphatic heterocycles. The molecule has 0 aliphatic rings. The topological polar surface area (TPSA) is 55.4 Å². The fourth-order valence-electron chi connectivity index (χ4n) is 1.46. The molecule has 0 unspecified atom stereocenters. The Labute approximate surface area is 109 Å². The second kappa shape index (κ2) is 5.68. The van der Waals surface area contributed by atoms with E-state index in [0.717, 1.165) is 12.1 Å². The van der Waals surface area contributed by atoms with Crippen LogP contribution >= 0.6 is 0 Å². The molecule has 0 aliphatic carbocycles. The summed E-state index contributed by atoms with van der Waals surface area (Å²) < 4.78 is 68.2. The van der Waals surface area contributed by atoms with Crippen LogP contribution in [0.3, 0.4) is 0 Å². The fraction of sp³-hybridized carbons (Fsp3) is 0.455. The van der Waals surface area contributed by atoms with E-state index in [9.17, 15) is 21.6 Å². The molecule has 8 heteroatoms. The molecular formula is C11H14F3NO3S. The van der Waals surface area contributed by atoms with Gasteiger partial charge in [-0.15, -0.1) is 0 Å². The van der Waals surface area contributed by atoms with Crippen molar-refractivity contribution in [1.29, 1.82) is 0 Å². The quantitative estimate of drug-likeness (QED) is 0.909. The van der Waals surface area contributed by atoms with Crippen molar-refractivity contribution in [2.24, 2.45) is 0 Å². The third-order valence-corrected chi connectivity index (χ3v) is 3.75. The fourth-order valence-corrected chi connectivity index (χ4v) is 2.61. The first-order valence-electron chi connectivity index (χ1n) is 5.45. The lowest BCUT2D eigenvalue weighted by Crippen LogP contribution is -2.19. The molecule has 0 spiro atoms. The maximum Gasteiger partial charge on any atom is 0.418 e. The summed E-state index contributed by atoms with van der Waals surface area (Å²) in [5, 5.41) is 0. The second-order valence-electron chi connectivity index (χ2n) is 3.83. The molecule has 1 aromatic carbocycles. The number of halogens is 3. The van der Waals surface area contributed by atoms with E-state index >= 15 is 0 Å². The maximum atomic E-state index is 12.8. The summed E-state index contributed by atoms with van der Waals surface area (Å²) in [6.45, 7) is 1.62. The van der Waals surface area contributed by atoms with E-state index in [-0.39, 0.29) is 11.5 Å². The molecule has 1 N–H and O–H groups in total. The van der Waals surface area contributed by atoms with E-state index in [1.165, 1.54) is 13.2 Å². The van der Waals surface area contributed by atoms with Gasteiger partial charge in [0.2, 0.25) is 10.0 Å². The van der Waals surface area contributed by atoms with Crippen molar-refractivity contribution in [3.05, 3.63) is 23.8 Å². The Kier molecular flexibility index (Phi) is 4.67. The molecule has 0 heterocycles. The smallest absolute Gasteiger partial charge is 0.418 e. The highest BCUT2D eigenvalue weighted by Gasteiger charge is 2.35. The molecule has 0 atom stereocenters. The van der Waals surface area contributed by atoms with Crippen LogP contribution in [-0.2, 0) is 16.2 Å². The highest BCUT2D eigenvalue weighted by atomic mass is 32.2. The van der Waals surface area contributed by atoms with Gasteiger partial charge in [-0.3, -0.25) is 4.72 Å². The van der Waals surface area contributed by atoms with Gasteiger partial charge in [-0.25, -0.2) is 8.42 Å². The number of hydrogen-bond acceptors (Lipinski definition) is 3. The highest BCUT2D eigenvalue weighted by Crippen LogP contribution is 2.37. The predicted octanol–water partition coefficient (Wildman–Crippen LogP) is 2.87. The lowest BCUT2D eigenvalue weighted by Gasteiger charge is -2.15. The van der Waals surface area contributed by atoms with Crippen LogP contribution in [0.4, 0.5) is 18.9 Å². The highest BCUT2D eigenvalue weighted by molar-refractivity contribution is 7.92. The molecule has 1 aromatic rings. The molecule has 19 heavy (non-hydrogen) atoms. The van der Waals surface area contributed by atoms with E-state index in [1.807, 2.05) is 4.72 Å². The second-order valence-corrected chi connectivity index (χ2v) is 5.67. The first kappa shape index (κ1) is 15.6. The Hall–Kier alpha value is -1.44. The van der Waals surface area contributed by atoms with Gasteiger partial charge in [0, 0.05) is 0 Å². The Balaban J connectivity index is 3.21. The monoisotopic (exact) mass is 297 g/mol. The Morgan fingerprint density at radius 3 is 2.42 bits per heavy atom. The number of hydrogen-bond donors (Lipinski definition) is 1. The number of ether oxygens (including phenoxy) is 1. The standard InChI is InChI=1S/C11H14F3NO3S/c1-3-6-19(16,17)15-10-5-4-8(18-2)7-9(10)11(12,13)14/h4-5,7,15H,3,6H2,1-2H3. The molecular weight excluding hydrogens is 283 g/mol. The number of alkyl halides is 3. The first-order chi connectivity index (χ1) is 8.69. The summed E-state index contributed by atoms with van der Waals surface area (Å²) in [5.74, 6) is -0.234. The number of anilines is 1. The minimum absolute atomic E-state index is 0.00534. The van der Waals surface area contributed by atoms with Crippen molar-refractivity contribution >= 4 is 15.7 Å². The van der Waals surface area contributed by atoms with Crippen molar-refractivity contribution in [3.63, 3.8) is 0 Å². The van der Waals surface area contributed by atoms with Crippen LogP contribution in [-0.4, -0.2) is 21.3 Å². The van der Waals surface area contributed by atoms with Gasteiger partial charge in [0.05, 0.1) is 24.1 Å². The number of methoxy groups -OCH3 is 1.